The monoisotopic (exact) mass is 184 g/mol. The number of amides is 1. The molecule has 1 rings (SSSR count). The predicted octanol–water partition coefficient (Wildman–Crippen LogP) is 1.03. The van der Waals surface area contributed by atoms with Gasteiger partial charge in [-0.2, -0.15) is 0 Å². The summed E-state index contributed by atoms with van der Waals surface area (Å²) in [6.07, 6.45) is 7.96. The number of rotatable bonds is 4. The molecule has 13 heavy (non-hydrogen) atoms. The highest BCUT2D eigenvalue weighted by Crippen LogP contribution is 2.25. The summed E-state index contributed by atoms with van der Waals surface area (Å²) in [7, 11) is 0. The van der Waals surface area contributed by atoms with Gasteiger partial charge >= 0.3 is 0 Å². The molecule has 0 atom stereocenters. The van der Waals surface area contributed by atoms with Crippen molar-refractivity contribution in [2.75, 3.05) is 13.1 Å². The molecular formula is C10H20N2O. The largest absolute Gasteiger partial charge is 0.355 e. The van der Waals surface area contributed by atoms with E-state index in [-0.39, 0.29) is 12.5 Å². The average molecular weight is 184 g/mol. The smallest absolute Gasteiger partial charge is 0.233 e. The predicted molar refractivity (Wildman–Crippen MR) is 53.3 cm³/mol. The molecule has 0 aromatic rings. The Morgan fingerprint density at radius 2 is 2.00 bits per heavy atom. The molecule has 0 unspecified atom stereocenters. The van der Waals surface area contributed by atoms with Gasteiger partial charge in [-0.1, -0.05) is 32.1 Å². The van der Waals surface area contributed by atoms with Gasteiger partial charge < -0.3 is 11.1 Å². The van der Waals surface area contributed by atoms with E-state index in [2.05, 4.69) is 5.32 Å². The quantitative estimate of drug-likeness (QED) is 0.685. The van der Waals surface area contributed by atoms with Crippen LogP contribution in [-0.2, 0) is 4.79 Å². The van der Waals surface area contributed by atoms with Crippen LogP contribution in [-0.4, -0.2) is 19.0 Å². The fourth-order valence-electron chi connectivity index (χ4n) is 1.96. The lowest BCUT2D eigenvalue weighted by atomic mass is 9.87. The Kier molecular flexibility index (Phi) is 4.83. The molecule has 1 aliphatic carbocycles. The summed E-state index contributed by atoms with van der Waals surface area (Å²) in [5.41, 5.74) is 5.18. The Labute approximate surface area is 80.1 Å². The molecule has 1 amide bonds. The lowest BCUT2D eigenvalue weighted by Gasteiger charge is -2.21. The van der Waals surface area contributed by atoms with Gasteiger partial charge in [0.1, 0.15) is 0 Å². The lowest BCUT2D eigenvalue weighted by Crippen LogP contribution is -2.31. The second-order valence-corrected chi connectivity index (χ2v) is 3.85. The van der Waals surface area contributed by atoms with Gasteiger partial charge in [-0.25, -0.2) is 0 Å². The van der Waals surface area contributed by atoms with E-state index in [4.69, 9.17) is 5.73 Å². The molecular weight excluding hydrogens is 164 g/mol. The van der Waals surface area contributed by atoms with E-state index in [1.54, 1.807) is 0 Å². The standard InChI is InChI=1S/C10H20N2O/c11-8-10(13)12-7-6-9-4-2-1-3-5-9/h9H,1-8,11H2,(H,12,13). The lowest BCUT2D eigenvalue weighted by molar-refractivity contribution is -0.119. The number of nitrogens with two attached hydrogens (primary N) is 1. The first-order valence-electron chi connectivity index (χ1n) is 5.29. The number of carbonyl (C=O) groups excluding carboxylic acids is 1. The van der Waals surface area contributed by atoms with E-state index < -0.39 is 0 Å². The van der Waals surface area contributed by atoms with Crippen molar-refractivity contribution >= 4 is 5.91 Å². The average Bonchev–Trinajstić information content (AvgIpc) is 2.19. The summed E-state index contributed by atoms with van der Waals surface area (Å²) in [4.78, 5) is 10.8. The summed E-state index contributed by atoms with van der Waals surface area (Å²) < 4.78 is 0. The number of carbonyl (C=O) groups is 1. The maximum Gasteiger partial charge on any atom is 0.233 e. The molecule has 76 valence electrons. The summed E-state index contributed by atoms with van der Waals surface area (Å²) in [6.45, 7) is 0.922. The zero-order chi connectivity index (χ0) is 9.52. The number of nitrogens with one attached hydrogen (secondary N) is 1. The topological polar surface area (TPSA) is 55.1 Å². The fraction of sp³-hybridized carbons (Fsp3) is 0.900. The van der Waals surface area contributed by atoms with Crippen molar-refractivity contribution in [2.24, 2.45) is 11.7 Å². The Morgan fingerprint density at radius 1 is 1.31 bits per heavy atom. The van der Waals surface area contributed by atoms with E-state index in [0.29, 0.717) is 0 Å². The maximum atomic E-state index is 10.8. The molecule has 0 radical (unpaired) electrons. The van der Waals surface area contributed by atoms with E-state index in [1.165, 1.54) is 32.1 Å². The first-order valence-corrected chi connectivity index (χ1v) is 5.29. The summed E-state index contributed by atoms with van der Waals surface area (Å²) in [5.74, 6) is 0.808. The molecule has 0 bridgehead atoms. The molecule has 1 fully saturated rings. The molecule has 0 saturated heterocycles. The van der Waals surface area contributed by atoms with Gasteiger partial charge in [0.25, 0.3) is 0 Å². The van der Waals surface area contributed by atoms with Crippen LogP contribution in [0.3, 0.4) is 0 Å². The minimum Gasteiger partial charge on any atom is -0.355 e. The van der Waals surface area contributed by atoms with Gasteiger partial charge in [0.15, 0.2) is 0 Å². The molecule has 3 nitrogen and oxygen atoms in total. The van der Waals surface area contributed by atoms with Crippen LogP contribution >= 0.6 is 0 Å². The van der Waals surface area contributed by atoms with Crippen LogP contribution in [0.5, 0.6) is 0 Å². The van der Waals surface area contributed by atoms with Crippen molar-refractivity contribution in [3.63, 3.8) is 0 Å². The Hall–Kier alpha value is -0.570. The highest BCUT2D eigenvalue weighted by Gasteiger charge is 2.12. The summed E-state index contributed by atoms with van der Waals surface area (Å²) in [5, 5.41) is 2.82. The van der Waals surface area contributed by atoms with Gasteiger partial charge in [-0.05, 0) is 12.3 Å². The molecule has 0 spiro atoms. The minimum atomic E-state index is -0.0317. The van der Waals surface area contributed by atoms with E-state index in [1.807, 2.05) is 0 Å². The summed E-state index contributed by atoms with van der Waals surface area (Å²) >= 11 is 0. The van der Waals surface area contributed by atoms with Gasteiger partial charge in [-0.3, -0.25) is 4.79 Å². The van der Waals surface area contributed by atoms with Crippen LogP contribution in [0.2, 0.25) is 0 Å². The number of hydrogen-bond acceptors (Lipinski definition) is 2. The van der Waals surface area contributed by atoms with E-state index >= 15 is 0 Å². The van der Waals surface area contributed by atoms with Crippen LogP contribution in [0.15, 0.2) is 0 Å². The van der Waals surface area contributed by atoms with E-state index in [9.17, 15) is 4.79 Å². The number of hydrogen-bond donors (Lipinski definition) is 2. The molecule has 0 aliphatic heterocycles. The molecule has 3 N–H and O–H groups in total. The van der Waals surface area contributed by atoms with Crippen molar-refractivity contribution in [1.82, 2.24) is 5.32 Å². The van der Waals surface area contributed by atoms with Crippen molar-refractivity contribution < 1.29 is 4.79 Å². The highest BCUT2D eigenvalue weighted by molar-refractivity contribution is 5.77. The van der Waals surface area contributed by atoms with Crippen LogP contribution in [0, 0.1) is 5.92 Å². The Balaban J connectivity index is 2.01. The Bertz CT molecular complexity index is 153. The van der Waals surface area contributed by atoms with Crippen molar-refractivity contribution in [3.05, 3.63) is 0 Å². The van der Waals surface area contributed by atoms with Crippen LogP contribution < -0.4 is 11.1 Å². The maximum absolute atomic E-state index is 10.8. The van der Waals surface area contributed by atoms with Crippen LogP contribution in [0.1, 0.15) is 38.5 Å². The second-order valence-electron chi connectivity index (χ2n) is 3.85. The van der Waals surface area contributed by atoms with Gasteiger partial charge in [0.05, 0.1) is 6.54 Å². The Morgan fingerprint density at radius 3 is 2.62 bits per heavy atom. The highest BCUT2D eigenvalue weighted by atomic mass is 16.1. The van der Waals surface area contributed by atoms with Gasteiger partial charge in [-0.15, -0.1) is 0 Å². The van der Waals surface area contributed by atoms with Gasteiger partial charge in [0, 0.05) is 6.54 Å². The molecule has 0 heterocycles. The zero-order valence-electron chi connectivity index (χ0n) is 8.22. The van der Waals surface area contributed by atoms with Crippen molar-refractivity contribution in [2.45, 2.75) is 38.5 Å². The fourth-order valence-corrected chi connectivity index (χ4v) is 1.96. The molecule has 1 aliphatic rings. The third-order valence-electron chi connectivity index (χ3n) is 2.78. The SMILES string of the molecule is NCC(=O)NCCC1CCCCC1. The first kappa shape index (κ1) is 10.5. The van der Waals surface area contributed by atoms with E-state index in [0.717, 1.165) is 18.9 Å². The van der Waals surface area contributed by atoms with Crippen LogP contribution in [0.4, 0.5) is 0 Å². The van der Waals surface area contributed by atoms with Gasteiger partial charge in [0.2, 0.25) is 5.91 Å². The zero-order valence-corrected chi connectivity index (χ0v) is 8.22. The minimum absolute atomic E-state index is 0.0317. The third-order valence-corrected chi connectivity index (χ3v) is 2.78. The normalized spacial score (nSPS) is 18.5. The molecule has 1 saturated carbocycles. The molecule has 3 heteroatoms. The van der Waals surface area contributed by atoms with Crippen molar-refractivity contribution in [3.8, 4) is 0 Å². The first-order chi connectivity index (χ1) is 6.33. The molecule has 0 aromatic heterocycles. The van der Waals surface area contributed by atoms with Crippen LogP contribution in [0.25, 0.3) is 0 Å². The van der Waals surface area contributed by atoms with Crippen molar-refractivity contribution in [1.29, 1.82) is 0 Å². The second kappa shape index (κ2) is 5.97. The molecule has 0 aromatic carbocycles. The third kappa shape index (κ3) is 4.27. The summed E-state index contributed by atoms with van der Waals surface area (Å²) in [6, 6.07) is 0.